The molecule has 0 saturated heterocycles. The van der Waals surface area contributed by atoms with Gasteiger partial charge in [0.15, 0.2) is 4.80 Å². The minimum atomic E-state index is -0.704. The fourth-order valence-corrected chi connectivity index (χ4v) is 5.52. The van der Waals surface area contributed by atoms with Crippen LogP contribution in [0.1, 0.15) is 31.0 Å². The molecule has 10 heteroatoms. The first kappa shape index (κ1) is 26.5. The number of hydrogen-bond donors (Lipinski definition) is 1. The molecule has 1 N–H and O–H groups in total. The Morgan fingerprint density at radius 3 is 2.51 bits per heavy atom. The minimum Gasteiger partial charge on any atom is -0.507 e. The van der Waals surface area contributed by atoms with Crippen molar-refractivity contribution in [1.82, 2.24) is 4.57 Å². The summed E-state index contributed by atoms with van der Waals surface area (Å²) in [5, 5.41) is 19.0. The predicted octanol–water partition coefficient (Wildman–Crippen LogP) is 5.68. The summed E-state index contributed by atoms with van der Waals surface area (Å²) in [4.78, 5) is 31.7. The molecule has 1 atom stereocenters. The molecule has 1 aliphatic heterocycles. The van der Waals surface area contributed by atoms with Gasteiger partial charge in [0, 0.05) is 16.1 Å². The Morgan fingerprint density at radius 1 is 1.10 bits per heavy atom. The Kier molecular flexibility index (Phi) is 7.67. The lowest BCUT2D eigenvalue weighted by Crippen LogP contribution is -2.39. The third-order valence-corrected chi connectivity index (χ3v) is 7.55. The standard InChI is InChI=1S/C29H23BrN4O4S/c1-3-38-28(37)25-17(2)31-29-34(26(25)18-9-12-20(30)13-10-18)27(36)24(39-29)15-19-11-14-22(16-23(19)35)33-32-21-7-5-4-6-8-21/h4-16,26,35H,3H2,1-2H3/b24-15-,33-32?/t26-/m1/s1. The molecule has 4 aromatic rings. The maximum absolute atomic E-state index is 13.7. The number of fused-ring (bicyclic) bond motifs is 1. The molecule has 196 valence electrons. The van der Waals surface area contributed by atoms with Crippen LogP contribution in [0.15, 0.2) is 109 Å². The molecule has 39 heavy (non-hydrogen) atoms. The molecule has 5 rings (SSSR count). The Morgan fingerprint density at radius 2 is 1.82 bits per heavy atom. The van der Waals surface area contributed by atoms with E-state index in [2.05, 4.69) is 31.2 Å². The van der Waals surface area contributed by atoms with Crippen molar-refractivity contribution in [2.75, 3.05) is 6.61 Å². The van der Waals surface area contributed by atoms with Gasteiger partial charge in [-0.1, -0.05) is 57.6 Å². The number of carbonyl (C=O) groups is 1. The van der Waals surface area contributed by atoms with E-state index in [1.54, 1.807) is 32.1 Å². The van der Waals surface area contributed by atoms with E-state index < -0.39 is 12.0 Å². The Hall–Kier alpha value is -4.15. The van der Waals surface area contributed by atoms with E-state index in [9.17, 15) is 14.7 Å². The normalized spacial score (nSPS) is 15.4. The molecule has 0 spiro atoms. The highest BCUT2D eigenvalue weighted by Crippen LogP contribution is 2.31. The zero-order chi connectivity index (χ0) is 27.5. The van der Waals surface area contributed by atoms with Crippen molar-refractivity contribution in [3.63, 3.8) is 0 Å². The minimum absolute atomic E-state index is 0.0433. The third kappa shape index (κ3) is 5.52. The molecular formula is C29H23BrN4O4S. The molecule has 1 aromatic heterocycles. The number of allylic oxidation sites excluding steroid dienone is 1. The Balaban J connectivity index is 1.58. The quantitative estimate of drug-likeness (QED) is 0.226. The van der Waals surface area contributed by atoms with Crippen molar-refractivity contribution in [2.45, 2.75) is 19.9 Å². The van der Waals surface area contributed by atoms with Crippen LogP contribution < -0.4 is 14.9 Å². The zero-order valence-electron chi connectivity index (χ0n) is 21.0. The highest BCUT2D eigenvalue weighted by molar-refractivity contribution is 9.10. The van der Waals surface area contributed by atoms with Crippen LogP contribution in [0, 0.1) is 0 Å². The highest BCUT2D eigenvalue weighted by Gasteiger charge is 2.33. The van der Waals surface area contributed by atoms with Gasteiger partial charge in [-0.3, -0.25) is 9.36 Å². The molecule has 3 aromatic carbocycles. The highest BCUT2D eigenvalue weighted by atomic mass is 79.9. The van der Waals surface area contributed by atoms with E-state index in [1.165, 1.54) is 22.0 Å². The number of nitrogens with zero attached hydrogens (tertiary/aromatic N) is 4. The number of phenolic OH excluding ortho intramolecular Hbond substituents is 1. The summed E-state index contributed by atoms with van der Waals surface area (Å²) < 4.78 is 8.07. The van der Waals surface area contributed by atoms with E-state index in [1.807, 2.05) is 54.6 Å². The van der Waals surface area contributed by atoms with Gasteiger partial charge in [-0.25, -0.2) is 9.79 Å². The Labute approximate surface area is 236 Å². The van der Waals surface area contributed by atoms with Gasteiger partial charge in [0.2, 0.25) is 0 Å². The van der Waals surface area contributed by atoms with E-state index in [0.29, 0.717) is 37.5 Å². The fourth-order valence-electron chi connectivity index (χ4n) is 4.22. The number of hydrogen-bond acceptors (Lipinski definition) is 8. The lowest BCUT2D eigenvalue weighted by atomic mass is 9.96. The van der Waals surface area contributed by atoms with Crippen LogP contribution in [0.5, 0.6) is 5.75 Å². The van der Waals surface area contributed by atoms with Gasteiger partial charge in [-0.2, -0.15) is 10.2 Å². The average molecular weight is 603 g/mol. The number of rotatable bonds is 6. The first-order chi connectivity index (χ1) is 18.9. The Bertz CT molecular complexity index is 1790. The summed E-state index contributed by atoms with van der Waals surface area (Å²) in [6.45, 7) is 3.68. The largest absolute Gasteiger partial charge is 0.507 e. The summed E-state index contributed by atoms with van der Waals surface area (Å²) in [5.41, 5.74) is 2.84. The maximum Gasteiger partial charge on any atom is 0.338 e. The zero-order valence-corrected chi connectivity index (χ0v) is 23.4. The summed E-state index contributed by atoms with van der Waals surface area (Å²) >= 11 is 4.63. The van der Waals surface area contributed by atoms with E-state index in [-0.39, 0.29) is 17.9 Å². The van der Waals surface area contributed by atoms with Crippen LogP contribution in [0.3, 0.4) is 0 Å². The summed E-state index contributed by atoms with van der Waals surface area (Å²) in [7, 11) is 0. The number of phenols is 1. The molecule has 2 heterocycles. The summed E-state index contributed by atoms with van der Waals surface area (Å²) in [5.74, 6) is -0.558. The number of benzene rings is 3. The van der Waals surface area contributed by atoms with Crippen LogP contribution in [0.25, 0.3) is 6.08 Å². The molecule has 0 saturated carbocycles. The van der Waals surface area contributed by atoms with Gasteiger partial charge in [0.25, 0.3) is 5.56 Å². The molecule has 0 fully saturated rings. The topological polar surface area (TPSA) is 106 Å². The van der Waals surface area contributed by atoms with Gasteiger partial charge in [0.1, 0.15) is 5.75 Å². The number of ether oxygens (including phenoxy) is 1. The van der Waals surface area contributed by atoms with Gasteiger partial charge >= 0.3 is 5.97 Å². The number of carbonyl (C=O) groups excluding carboxylic acids is 1. The van der Waals surface area contributed by atoms with Crippen molar-refractivity contribution in [1.29, 1.82) is 0 Å². The molecule has 0 amide bonds. The van der Waals surface area contributed by atoms with Crippen molar-refractivity contribution in [2.24, 2.45) is 15.2 Å². The SMILES string of the molecule is CCOC(=O)C1=C(C)N=c2s/c(=C\c3ccc(N=Nc4ccccc4)cc3O)c(=O)n2[C@@H]1c1ccc(Br)cc1. The maximum atomic E-state index is 13.7. The molecule has 0 aliphatic carbocycles. The number of thiazole rings is 1. The molecular weight excluding hydrogens is 580 g/mol. The molecule has 0 radical (unpaired) electrons. The first-order valence-corrected chi connectivity index (χ1v) is 13.7. The third-order valence-electron chi connectivity index (χ3n) is 6.04. The van der Waals surface area contributed by atoms with Crippen LogP contribution in [-0.4, -0.2) is 22.2 Å². The second-order valence-electron chi connectivity index (χ2n) is 8.63. The predicted molar refractivity (Wildman–Crippen MR) is 153 cm³/mol. The van der Waals surface area contributed by atoms with Gasteiger partial charge in [-0.05, 0) is 61.9 Å². The molecule has 0 unspecified atom stereocenters. The first-order valence-electron chi connectivity index (χ1n) is 12.1. The van der Waals surface area contributed by atoms with Gasteiger partial charge < -0.3 is 9.84 Å². The van der Waals surface area contributed by atoms with E-state index in [4.69, 9.17) is 4.74 Å². The second kappa shape index (κ2) is 11.3. The van der Waals surface area contributed by atoms with E-state index >= 15 is 0 Å². The van der Waals surface area contributed by atoms with Crippen molar-refractivity contribution >= 4 is 50.7 Å². The van der Waals surface area contributed by atoms with Crippen LogP contribution >= 0.6 is 27.3 Å². The smallest absolute Gasteiger partial charge is 0.338 e. The van der Waals surface area contributed by atoms with Crippen LogP contribution in [0.4, 0.5) is 11.4 Å². The average Bonchev–Trinajstić information content (AvgIpc) is 3.23. The summed E-state index contributed by atoms with van der Waals surface area (Å²) in [6, 6.07) is 20.9. The van der Waals surface area contributed by atoms with Crippen molar-refractivity contribution in [3.05, 3.63) is 119 Å². The molecule has 1 aliphatic rings. The number of azo groups is 1. The number of halogens is 1. The molecule has 8 nitrogen and oxygen atoms in total. The van der Waals surface area contributed by atoms with E-state index in [0.717, 1.165) is 10.0 Å². The van der Waals surface area contributed by atoms with Crippen molar-refractivity contribution < 1.29 is 14.6 Å². The van der Waals surface area contributed by atoms with Gasteiger partial charge in [-0.15, -0.1) is 0 Å². The number of esters is 1. The van der Waals surface area contributed by atoms with Crippen LogP contribution in [0.2, 0.25) is 0 Å². The second-order valence-corrected chi connectivity index (χ2v) is 10.6. The number of aromatic nitrogens is 1. The molecule has 0 bridgehead atoms. The lowest BCUT2D eigenvalue weighted by molar-refractivity contribution is -0.139. The van der Waals surface area contributed by atoms with Crippen molar-refractivity contribution in [3.8, 4) is 5.75 Å². The number of aromatic hydroxyl groups is 1. The monoisotopic (exact) mass is 602 g/mol. The van der Waals surface area contributed by atoms with Gasteiger partial charge in [0.05, 0.1) is 39.8 Å². The fraction of sp³-hybridized carbons (Fsp3) is 0.138. The van der Waals surface area contributed by atoms with Crippen LogP contribution in [-0.2, 0) is 9.53 Å². The lowest BCUT2D eigenvalue weighted by Gasteiger charge is -2.24. The summed E-state index contributed by atoms with van der Waals surface area (Å²) in [6.07, 6.45) is 1.61.